The monoisotopic (exact) mass is 201 g/mol. The number of nitrogens with two attached hydrogens (primary N) is 1. The van der Waals surface area contributed by atoms with E-state index in [-0.39, 0.29) is 6.04 Å². The van der Waals surface area contributed by atoms with Gasteiger partial charge >= 0.3 is 0 Å². The first-order valence-corrected chi connectivity index (χ1v) is 6.04. The van der Waals surface area contributed by atoms with E-state index >= 15 is 0 Å². The maximum absolute atomic E-state index is 14.4. The highest BCUT2D eigenvalue weighted by Crippen LogP contribution is 2.37. The van der Waals surface area contributed by atoms with E-state index in [0.717, 1.165) is 38.5 Å². The van der Waals surface area contributed by atoms with E-state index in [9.17, 15) is 4.39 Å². The molecule has 0 radical (unpaired) electrons. The van der Waals surface area contributed by atoms with E-state index in [1.165, 1.54) is 0 Å². The molecular weight excluding hydrogens is 177 g/mol. The van der Waals surface area contributed by atoms with Crippen LogP contribution in [0.4, 0.5) is 4.39 Å². The molecule has 2 heteroatoms. The van der Waals surface area contributed by atoms with E-state index in [2.05, 4.69) is 13.8 Å². The van der Waals surface area contributed by atoms with Crippen molar-refractivity contribution in [3.63, 3.8) is 0 Å². The summed E-state index contributed by atoms with van der Waals surface area (Å²) >= 11 is 0. The Labute approximate surface area is 87.3 Å². The first-order chi connectivity index (χ1) is 6.59. The zero-order chi connectivity index (χ0) is 10.6. The molecule has 0 bridgehead atoms. The third-order valence-corrected chi connectivity index (χ3v) is 3.64. The molecule has 0 heterocycles. The summed E-state index contributed by atoms with van der Waals surface area (Å²) in [6.45, 7) is 4.31. The number of hydrogen-bond acceptors (Lipinski definition) is 1. The lowest BCUT2D eigenvalue weighted by Crippen LogP contribution is -2.39. The van der Waals surface area contributed by atoms with E-state index in [4.69, 9.17) is 5.73 Å². The standard InChI is InChI=1S/C12H24FN/c1-3-10(4-2)8-12(13)7-5-6-11(14)9-12/h10-11H,3-9,14H2,1-2H3. The normalized spacial score (nSPS) is 33.6. The van der Waals surface area contributed by atoms with E-state index in [1.807, 2.05) is 0 Å². The lowest BCUT2D eigenvalue weighted by Gasteiger charge is -2.35. The fourth-order valence-electron chi connectivity index (χ4n) is 2.64. The lowest BCUT2D eigenvalue weighted by molar-refractivity contribution is 0.0649. The third kappa shape index (κ3) is 3.23. The molecule has 0 aliphatic heterocycles. The number of rotatable bonds is 4. The van der Waals surface area contributed by atoms with Gasteiger partial charge in [-0.05, 0) is 38.0 Å². The second kappa shape index (κ2) is 5.11. The maximum Gasteiger partial charge on any atom is 0.112 e. The minimum atomic E-state index is -0.950. The lowest BCUT2D eigenvalue weighted by atomic mass is 9.77. The van der Waals surface area contributed by atoms with Crippen molar-refractivity contribution in [3.8, 4) is 0 Å². The van der Waals surface area contributed by atoms with Gasteiger partial charge in [0.2, 0.25) is 0 Å². The molecule has 2 unspecified atom stereocenters. The average molecular weight is 201 g/mol. The third-order valence-electron chi connectivity index (χ3n) is 3.64. The zero-order valence-corrected chi connectivity index (χ0v) is 9.56. The Morgan fingerprint density at radius 1 is 1.43 bits per heavy atom. The van der Waals surface area contributed by atoms with Crippen molar-refractivity contribution in [2.75, 3.05) is 0 Å². The van der Waals surface area contributed by atoms with Gasteiger partial charge in [-0.25, -0.2) is 4.39 Å². The number of alkyl halides is 1. The van der Waals surface area contributed by atoms with Crippen molar-refractivity contribution >= 4 is 0 Å². The van der Waals surface area contributed by atoms with Gasteiger partial charge in [-0.15, -0.1) is 0 Å². The molecule has 0 aromatic rings. The summed E-state index contributed by atoms with van der Waals surface area (Å²) < 4.78 is 14.4. The summed E-state index contributed by atoms with van der Waals surface area (Å²) in [5.74, 6) is 0.547. The SMILES string of the molecule is CCC(CC)CC1(F)CCCC(N)C1. The molecule has 0 amide bonds. The Morgan fingerprint density at radius 3 is 2.57 bits per heavy atom. The largest absolute Gasteiger partial charge is 0.328 e. The predicted octanol–water partition coefficient (Wildman–Crippen LogP) is 3.42. The van der Waals surface area contributed by atoms with E-state index < -0.39 is 5.67 Å². The Morgan fingerprint density at radius 2 is 2.07 bits per heavy atom. The van der Waals surface area contributed by atoms with Crippen LogP contribution in [0.15, 0.2) is 0 Å². The summed E-state index contributed by atoms with van der Waals surface area (Å²) in [4.78, 5) is 0. The fourth-order valence-corrected chi connectivity index (χ4v) is 2.64. The van der Waals surface area contributed by atoms with Crippen LogP contribution in [0.2, 0.25) is 0 Å². The van der Waals surface area contributed by atoms with Crippen LogP contribution in [0.1, 0.15) is 58.8 Å². The first kappa shape index (κ1) is 12.0. The quantitative estimate of drug-likeness (QED) is 0.741. The second-order valence-electron chi connectivity index (χ2n) is 4.89. The second-order valence-corrected chi connectivity index (χ2v) is 4.89. The summed E-state index contributed by atoms with van der Waals surface area (Å²) in [5, 5.41) is 0. The van der Waals surface area contributed by atoms with Gasteiger partial charge in [0.05, 0.1) is 0 Å². The molecule has 1 saturated carbocycles. The minimum absolute atomic E-state index is 0.100. The molecule has 0 spiro atoms. The van der Waals surface area contributed by atoms with Crippen molar-refractivity contribution in [1.82, 2.24) is 0 Å². The van der Waals surface area contributed by atoms with Crippen LogP contribution < -0.4 is 5.73 Å². The van der Waals surface area contributed by atoms with Gasteiger partial charge in [0.25, 0.3) is 0 Å². The van der Waals surface area contributed by atoms with Gasteiger partial charge in [-0.1, -0.05) is 26.7 Å². The highest BCUT2D eigenvalue weighted by atomic mass is 19.1. The van der Waals surface area contributed by atoms with Crippen LogP contribution in [0.3, 0.4) is 0 Å². The molecule has 1 rings (SSSR count). The smallest absolute Gasteiger partial charge is 0.112 e. The van der Waals surface area contributed by atoms with Crippen LogP contribution in [-0.2, 0) is 0 Å². The van der Waals surface area contributed by atoms with Crippen molar-refractivity contribution in [1.29, 1.82) is 0 Å². The molecule has 0 aromatic carbocycles. The highest BCUT2D eigenvalue weighted by molar-refractivity contribution is 4.89. The Balaban J connectivity index is 2.46. The topological polar surface area (TPSA) is 26.0 Å². The fraction of sp³-hybridized carbons (Fsp3) is 1.00. The Kier molecular flexibility index (Phi) is 4.36. The molecule has 0 saturated heterocycles. The molecule has 1 aliphatic carbocycles. The summed E-state index contributed by atoms with van der Waals surface area (Å²) in [7, 11) is 0. The van der Waals surface area contributed by atoms with Crippen molar-refractivity contribution in [2.45, 2.75) is 70.5 Å². The van der Waals surface area contributed by atoms with Gasteiger partial charge in [0, 0.05) is 6.04 Å². The van der Waals surface area contributed by atoms with Crippen molar-refractivity contribution in [2.24, 2.45) is 11.7 Å². The van der Waals surface area contributed by atoms with Gasteiger partial charge in [0.1, 0.15) is 5.67 Å². The van der Waals surface area contributed by atoms with Gasteiger partial charge in [-0.3, -0.25) is 0 Å². The average Bonchev–Trinajstić information content (AvgIpc) is 2.14. The highest BCUT2D eigenvalue weighted by Gasteiger charge is 2.36. The molecule has 84 valence electrons. The van der Waals surface area contributed by atoms with Crippen LogP contribution >= 0.6 is 0 Å². The molecule has 14 heavy (non-hydrogen) atoms. The summed E-state index contributed by atoms with van der Waals surface area (Å²) in [6, 6.07) is 0.100. The van der Waals surface area contributed by atoms with Crippen LogP contribution in [0.25, 0.3) is 0 Å². The van der Waals surface area contributed by atoms with Crippen molar-refractivity contribution < 1.29 is 4.39 Å². The number of hydrogen-bond donors (Lipinski definition) is 1. The van der Waals surface area contributed by atoms with E-state index in [1.54, 1.807) is 0 Å². The molecule has 1 nitrogen and oxygen atoms in total. The Bertz CT molecular complexity index is 168. The molecule has 2 N–H and O–H groups in total. The van der Waals surface area contributed by atoms with E-state index in [0.29, 0.717) is 12.3 Å². The molecule has 1 fully saturated rings. The van der Waals surface area contributed by atoms with Crippen molar-refractivity contribution in [3.05, 3.63) is 0 Å². The zero-order valence-electron chi connectivity index (χ0n) is 9.56. The number of halogens is 1. The summed E-state index contributed by atoms with van der Waals surface area (Å²) in [5.41, 5.74) is 4.88. The Hall–Kier alpha value is -0.110. The minimum Gasteiger partial charge on any atom is -0.328 e. The first-order valence-electron chi connectivity index (χ1n) is 6.04. The molecule has 1 aliphatic rings. The van der Waals surface area contributed by atoms with Gasteiger partial charge < -0.3 is 5.73 Å². The molecular formula is C12H24FN. The maximum atomic E-state index is 14.4. The van der Waals surface area contributed by atoms with Crippen LogP contribution in [0.5, 0.6) is 0 Å². The van der Waals surface area contributed by atoms with Gasteiger partial charge in [0.15, 0.2) is 0 Å². The predicted molar refractivity (Wildman–Crippen MR) is 59.0 cm³/mol. The molecule has 0 aromatic heterocycles. The van der Waals surface area contributed by atoms with Crippen LogP contribution in [-0.4, -0.2) is 11.7 Å². The summed E-state index contributed by atoms with van der Waals surface area (Å²) in [6.07, 6.45) is 6.22. The van der Waals surface area contributed by atoms with Crippen LogP contribution in [0, 0.1) is 5.92 Å². The molecule has 2 atom stereocenters. The van der Waals surface area contributed by atoms with Gasteiger partial charge in [-0.2, -0.15) is 0 Å².